The van der Waals surface area contributed by atoms with Crippen molar-refractivity contribution in [3.8, 4) is 11.5 Å². The van der Waals surface area contributed by atoms with E-state index in [1.165, 1.54) is 11.3 Å². The number of fused-ring (bicyclic) bond motifs is 1. The first-order valence-electron chi connectivity index (χ1n) is 12.1. The molecule has 5 rings (SSSR count). The van der Waals surface area contributed by atoms with Gasteiger partial charge in [-0.1, -0.05) is 41.1 Å². The number of amides is 1. The summed E-state index contributed by atoms with van der Waals surface area (Å²) >= 11 is 7.78. The maximum absolute atomic E-state index is 13.7. The predicted molar refractivity (Wildman–Crippen MR) is 146 cm³/mol. The molecule has 1 aromatic heterocycles. The Bertz CT molecular complexity index is 1320. The minimum Gasteiger partial charge on any atom is -0.457 e. The van der Waals surface area contributed by atoms with Crippen LogP contribution >= 0.6 is 22.9 Å². The highest BCUT2D eigenvalue weighted by Gasteiger charge is 2.22. The van der Waals surface area contributed by atoms with Gasteiger partial charge in [0, 0.05) is 36.8 Å². The van der Waals surface area contributed by atoms with Crippen molar-refractivity contribution < 1.29 is 14.3 Å². The lowest BCUT2D eigenvalue weighted by Gasteiger charge is -2.27. The smallest absolute Gasteiger partial charge is 0.260 e. The first kappa shape index (κ1) is 24.7. The van der Waals surface area contributed by atoms with Crippen LogP contribution in [-0.4, -0.2) is 55.2 Å². The van der Waals surface area contributed by atoms with Gasteiger partial charge in [-0.25, -0.2) is 4.98 Å². The minimum absolute atomic E-state index is 0.0777. The van der Waals surface area contributed by atoms with Crippen molar-refractivity contribution in [2.75, 3.05) is 44.3 Å². The summed E-state index contributed by atoms with van der Waals surface area (Å²) in [6.45, 7) is 6.85. The maximum atomic E-state index is 13.7. The molecule has 0 N–H and O–H groups in total. The van der Waals surface area contributed by atoms with Crippen molar-refractivity contribution in [1.29, 1.82) is 0 Å². The third-order valence-corrected chi connectivity index (χ3v) is 7.40. The van der Waals surface area contributed by atoms with Crippen LogP contribution < -0.4 is 9.64 Å². The number of aryl methyl sites for hydroxylation is 1. The van der Waals surface area contributed by atoms with Crippen LogP contribution in [0.15, 0.2) is 66.7 Å². The highest BCUT2D eigenvalue weighted by molar-refractivity contribution is 7.22. The SMILES string of the molecule is Cc1cc(Cl)cc2sc(N(CCCN3CCOCC3)C(=O)c3ccc(Oc4ccccc4)cc3)nc12. The van der Waals surface area contributed by atoms with E-state index >= 15 is 0 Å². The van der Waals surface area contributed by atoms with Gasteiger partial charge in [-0.3, -0.25) is 14.6 Å². The molecule has 1 saturated heterocycles. The zero-order valence-electron chi connectivity index (χ0n) is 20.2. The van der Waals surface area contributed by atoms with E-state index in [2.05, 4.69) is 4.90 Å². The van der Waals surface area contributed by atoms with Gasteiger partial charge in [0.1, 0.15) is 11.5 Å². The Morgan fingerprint density at radius 2 is 1.81 bits per heavy atom. The Hall–Kier alpha value is -2.97. The molecule has 0 spiro atoms. The van der Waals surface area contributed by atoms with Gasteiger partial charge in [0.25, 0.3) is 5.91 Å². The van der Waals surface area contributed by atoms with E-state index in [0.29, 0.717) is 28.0 Å². The Morgan fingerprint density at radius 1 is 1.08 bits per heavy atom. The van der Waals surface area contributed by atoms with Crippen molar-refractivity contribution in [1.82, 2.24) is 9.88 Å². The summed E-state index contributed by atoms with van der Waals surface area (Å²) in [7, 11) is 0. The quantitative estimate of drug-likeness (QED) is 0.268. The summed E-state index contributed by atoms with van der Waals surface area (Å²) < 4.78 is 12.3. The van der Waals surface area contributed by atoms with Crippen LogP contribution in [0.3, 0.4) is 0 Å². The lowest BCUT2D eigenvalue weighted by Crippen LogP contribution is -2.39. The number of benzene rings is 3. The van der Waals surface area contributed by atoms with Crippen LogP contribution in [0.5, 0.6) is 11.5 Å². The molecule has 0 radical (unpaired) electrons. The molecule has 1 aliphatic heterocycles. The van der Waals surface area contributed by atoms with E-state index in [1.54, 1.807) is 4.90 Å². The van der Waals surface area contributed by atoms with E-state index in [9.17, 15) is 4.79 Å². The van der Waals surface area contributed by atoms with E-state index in [4.69, 9.17) is 26.1 Å². The molecule has 3 aromatic carbocycles. The molecule has 0 unspecified atom stereocenters. The molecule has 6 nitrogen and oxygen atoms in total. The van der Waals surface area contributed by atoms with Crippen LogP contribution in [0, 0.1) is 6.92 Å². The van der Waals surface area contributed by atoms with Crippen LogP contribution in [-0.2, 0) is 4.74 Å². The van der Waals surface area contributed by atoms with E-state index in [0.717, 1.165) is 60.8 Å². The Balaban J connectivity index is 1.37. The van der Waals surface area contributed by atoms with Crippen molar-refractivity contribution in [3.05, 3.63) is 82.9 Å². The van der Waals surface area contributed by atoms with Gasteiger partial charge in [0.05, 0.1) is 23.4 Å². The fourth-order valence-corrected chi connectivity index (χ4v) is 5.71. The number of aromatic nitrogens is 1. The molecular formula is C28H28ClN3O3S. The Kier molecular flexibility index (Phi) is 7.82. The number of carbonyl (C=O) groups excluding carboxylic acids is 1. The summed E-state index contributed by atoms with van der Waals surface area (Å²) in [5.74, 6) is 1.36. The van der Waals surface area contributed by atoms with Crippen molar-refractivity contribution in [3.63, 3.8) is 0 Å². The van der Waals surface area contributed by atoms with E-state index in [-0.39, 0.29) is 5.91 Å². The fourth-order valence-electron chi connectivity index (χ4n) is 4.27. The third-order valence-electron chi connectivity index (χ3n) is 6.15. The molecule has 186 valence electrons. The highest BCUT2D eigenvalue weighted by atomic mass is 35.5. The largest absolute Gasteiger partial charge is 0.457 e. The number of thiazole rings is 1. The number of ether oxygens (including phenoxy) is 2. The molecular weight excluding hydrogens is 494 g/mol. The van der Waals surface area contributed by atoms with Crippen LogP contribution in [0.25, 0.3) is 10.2 Å². The summed E-state index contributed by atoms with van der Waals surface area (Å²) in [5, 5.41) is 1.36. The zero-order valence-corrected chi connectivity index (χ0v) is 21.7. The van der Waals surface area contributed by atoms with E-state index < -0.39 is 0 Å². The van der Waals surface area contributed by atoms with Crippen LogP contribution in [0.4, 0.5) is 5.13 Å². The van der Waals surface area contributed by atoms with Gasteiger partial charge in [0.2, 0.25) is 0 Å². The van der Waals surface area contributed by atoms with Gasteiger partial charge in [-0.2, -0.15) is 0 Å². The van der Waals surface area contributed by atoms with Gasteiger partial charge in [-0.15, -0.1) is 0 Å². The molecule has 36 heavy (non-hydrogen) atoms. The summed E-state index contributed by atoms with van der Waals surface area (Å²) in [4.78, 5) is 22.7. The second-order valence-corrected chi connectivity index (χ2v) is 10.2. The molecule has 8 heteroatoms. The molecule has 0 aliphatic carbocycles. The van der Waals surface area contributed by atoms with E-state index in [1.807, 2.05) is 73.7 Å². The molecule has 2 heterocycles. The average Bonchev–Trinajstić information content (AvgIpc) is 3.32. The molecule has 1 aliphatic rings. The highest BCUT2D eigenvalue weighted by Crippen LogP contribution is 2.34. The fraction of sp³-hybridized carbons (Fsp3) is 0.286. The van der Waals surface area contributed by atoms with Gasteiger partial charge < -0.3 is 9.47 Å². The van der Waals surface area contributed by atoms with Crippen LogP contribution in [0.1, 0.15) is 22.3 Å². The molecule has 4 aromatic rings. The molecule has 1 fully saturated rings. The Labute approximate surface area is 220 Å². The second-order valence-electron chi connectivity index (χ2n) is 8.77. The molecule has 1 amide bonds. The normalized spacial score (nSPS) is 14.2. The summed E-state index contributed by atoms with van der Waals surface area (Å²) in [6.07, 6.45) is 0.844. The molecule has 0 atom stereocenters. The third kappa shape index (κ3) is 5.87. The zero-order chi connectivity index (χ0) is 24.9. The summed E-state index contributed by atoms with van der Waals surface area (Å²) in [5.41, 5.74) is 2.48. The molecule has 0 bridgehead atoms. The van der Waals surface area contributed by atoms with Crippen molar-refractivity contribution >= 4 is 44.2 Å². The van der Waals surface area contributed by atoms with Crippen molar-refractivity contribution in [2.45, 2.75) is 13.3 Å². The monoisotopic (exact) mass is 521 g/mol. The van der Waals surface area contributed by atoms with Gasteiger partial charge in [0.15, 0.2) is 5.13 Å². The minimum atomic E-state index is -0.0777. The number of anilines is 1. The van der Waals surface area contributed by atoms with Crippen molar-refractivity contribution in [2.24, 2.45) is 0 Å². The lowest BCUT2D eigenvalue weighted by molar-refractivity contribution is 0.0376. The number of halogens is 1. The summed E-state index contributed by atoms with van der Waals surface area (Å²) in [6, 6.07) is 20.7. The van der Waals surface area contributed by atoms with Gasteiger partial charge in [-0.05, 0) is 67.4 Å². The van der Waals surface area contributed by atoms with Gasteiger partial charge >= 0.3 is 0 Å². The maximum Gasteiger partial charge on any atom is 0.260 e. The lowest BCUT2D eigenvalue weighted by atomic mass is 10.2. The standard InChI is InChI=1S/C28H28ClN3O3S/c1-20-18-22(29)19-25-26(20)30-28(36-25)32(13-5-12-31-14-16-34-17-15-31)27(33)21-8-10-24(11-9-21)35-23-6-3-2-4-7-23/h2-4,6-11,18-19H,5,12-17H2,1H3. The predicted octanol–water partition coefficient (Wildman–Crippen LogP) is 6.42. The Morgan fingerprint density at radius 3 is 2.56 bits per heavy atom. The number of para-hydroxylation sites is 1. The number of hydrogen-bond donors (Lipinski definition) is 0. The van der Waals surface area contributed by atoms with Crippen LogP contribution in [0.2, 0.25) is 5.02 Å². The average molecular weight is 522 g/mol. The number of hydrogen-bond acceptors (Lipinski definition) is 6. The topological polar surface area (TPSA) is 54.9 Å². The molecule has 0 saturated carbocycles. The number of rotatable bonds is 8. The number of carbonyl (C=O) groups is 1. The first-order valence-corrected chi connectivity index (χ1v) is 13.3. The second kappa shape index (κ2) is 11.4. The number of morpholine rings is 1. The number of nitrogens with zero attached hydrogens (tertiary/aromatic N) is 3. The first-order chi connectivity index (χ1) is 17.6.